The number of benzene rings is 2. The van der Waals surface area contributed by atoms with Gasteiger partial charge in [0.15, 0.2) is 4.90 Å². The van der Waals surface area contributed by atoms with E-state index < -0.39 is 11.2 Å². The number of aromatic nitrogens is 1. The van der Waals surface area contributed by atoms with Crippen LogP contribution < -0.4 is 0 Å². The third kappa shape index (κ3) is 3.46. The summed E-state index contributed by atoms with van der Waals surface area (Å²) in [6.07, 6.45) is 1.67. The SMILES string of the molecule is C[S+]([O-])c1ccc(-c2sc(-c3cccs3)nc2-c2ccc(F)cc2)cc1. The summed E-state index contributed by atoms with van der Waals surface area (Å²) in [7, 11) is 0. The Morgan fingerprint density at radius 3 is 2.27 bits per heavy atom. The Bertz CT molecular complexity index is 1010. The molecule has 0 fully saturated rings. The molecule has 4 aromatic rings. The first-order chi connectivity index (χ1) is 12.6. The van der Waals surface area contributed by atoms with E-state index in [1.165, 1.54) is 12.1 Å². The van der Waals surface area contributed by atoms with E-state index in [2.05, 4.69) is 0 Å². The van der Waals surface area contributed by atoms with Gasteiger partial charge in [0, 0.05) is 5.56 Å². The second kappa shape index (κ2) is 7.32. The first kappa shape index (κ1) is 17.4. The molecule has 0 amide bonds. The minimum absolute atomic E-state index is 0.265. The van der Waals surface area contributed by atoms with Gasteiger partial charge >= 0.3 is 0 Å². The maximum Gasteiger partial charge on any atom is 0.152 e. The van der Waals surface area contributed by atoms with Crippen LogP contribution in [0.1, 0.15) is 0 Å². The van der Waals surface area contributed by atoms with Crippen molar-refractivity contribution in [3.63, 3.8) is 0 Å². The van der Waals surface area contributed by atoms with Gasteiger partial charge in [0.2, 0.25) is 0 Å². The molecule has 0 bridgehead atoms. The van der Waals surface area contributed by atoms with Gasteiger partial charge in [0.1, 0.15) is 17.1 Å². The standard InChI is InChI=1S/C20H14FNOS3/c1-26(23)16-10-6-14(7-11-16)19-18(13-4-8-15(21)9-5-13)22-20(25-19)17-3-2-12-24-17/h2-12H,1H3. The molecule has 0 aliphatic carbocycles. The summed E-state index contributed by atoms with van der Waals surface area (Å²) in [5.41, 5.74) is 2.73. The normalized spacial score (nSPS) is 12.3. The zero-order valence-corrected chi connectivity index (χ0v) is 16.3. The van der Waals surface area contributed by atoms with Crippen molar-refractivity contribution in [1.82, 2.24) is 4.98 Å². The number of halogens is 1. The highest BCUT2D eigenvalue weighted by molar-refractivity contribution is 7.90. The van der Waals surface area contributed by atoms with Gasteiger partial charge in [-0.15, -0.1) is 22.7 Å². The molecule has 6 heteroatoms. The molecule has 0 N–H and O–H groups in total. The van der Waals surface area contributed by atoms with Crippen molar-refractivity contribution in [3.05, 3.63) is 71.9 Å². The molecule has 26 heavy (non-hydrogen) atoms. The van der Waals surface area contributed by atoms with Crippen LogP contribution in [0.3, 0.4) is 0 Å². The van der Waals surface area contributed by atoms with E-state index in [9.17, 15) is 8.94 Å². The minimum Gasteiger partial charge on any atom is -0.612 e. The summed E-state index contributed by atoms with van der Waals surface area (Å²) in [5.74, 6) is -0.265. The Hall–Kier alpha value is -1.99. The van der Waals surface area contributed by atoms with Crippen LogP contribution >= 0.6 is 22.7 Å². The lowest BCUT2D eigenvalue weighted by Crippen LogP contribution is -1.96. The molecule has 0 saturated heterocycles. The molecule has 130 valence electrons. The molecule has 1 atom stereocenters. The number of rotatable bonds is 4. The highest BCUT2D eigenvalue weighted by atomic mass is 32.2. The molecule has 0 aliphatic heterocycles. The van der Waals surface area contributed by atoms with Gasteiger partial charge < -0.3 is 4.55 Å². The van der Waals surface area contributed by atoms with Crippen LogP contribution in [0.25, 0.3) is 31.6 Å². The largest absolute Gasteiger partial charge is 0.612 e. The molecule has 0 spiro atoms. The topological polar surface area (TPSA) is 36.0 Å². The van der Waals surface area contributed by atoms with Gasteiger partial charge in [-0.1, -0.05) is 6.07 Å². The average molecular weight is 400 g/mol. The Labute approximate surface area is 162 Å². The van der Waals surface area contributed by atoms with Crippen LogP contribution in [0.2, 0.25) is 0 Å². The van der Waals surface area contributed by atoms with E-state index in [1.54, 1.807) is 41.1 Å². The molecule has 2 heterocycles. The number of thiophene rings is 1. The van der Waals surface area contributed by atoms with Crippen LogP contribution in [-0.4, -0.2) is 15.8 Å². The molecule has 2 aromatic heterocycles. The zero-order chi connectivity index (χ0) is 18.1. The lowest BCUT2D eigenvalue weighted by molar-refractivity contribution is 0.601. The smallest absolute Gasteiger partial charge is 0.152 e. The lowest BCUT2D eigenvalue weighted by atomic mass is 10.1. The maximum atomic E-state index is 13.3. The highest BCUT2D eigenvalue weighted by Crippen LogP contribution is 2.41. The quantitative estimate of drug-likeness (QED) is 0.390. The molecule has 1 unspecified atom stereocenters. The average Bonchev–Trinajstić information content (AvgIpc) is 3.32. The number of nitrogens with zero attached hydrogens (tertiary/aromatic N) is 1. The number of thiazole rings is 1. The molecule has 2 nitrogen and oxygen atoms in total. The van der Waals surface area contributed by atoms with Gasteiger partial charge in [-0.3, -0.25) is 0 Å². The minimum atomic E-state index is -1.01. The molecule has 0 radical (unpaired) electrons. The van der Waals surface area contributed by atoms with Crippen LogP contribution in [0.4, 0.5) is 4.39 Å². The van der Waals surface area contributed by atoms with Crippen LogP contribution in [0.5, 0.6) is 0 Å². The predicted molar refractivity (Wildman–Crippen MR) is 109 cm³/mol. The first-order valence-electron chi connectivity index (χ1n) is 7.86. The summed E-state index contributed by atoms with van der Waals surface area (Å²) in [6.45, 7) is 0. The van der Waals surface area contributed by atoms with Crippen LogP contribution in [0, 0.1) is 5.82 Å². The van der Waals surface area contributed by atoms with Crippen molar-refractivity contribution in [2.75, 3.05) is 6.26 Å². The zero-order valence-electron chi connectivity index (χ0n) is 13.8. The molecule has 4 rings (SSSR count). The van der Waals surface area contributed by atoms with E-state index in [-0.39, 0.29) is 5.82 Å². The Morgan fingerprint density at radius 2 is 1.65 bits per heavy atom. The first-order valence-corrected chi connectivity index (χ1v) is 11.1. The fourth-order valence-corrected chi connectivity index (χ4v) is 5.03. The number of hydrogen-bond acceptors (Lipinski definition) is 4. The highest BCUT2D eigenvalue weighted by Gasteiger charge is 2.17. The summed E-state index contributed by atoms with van der Waals surface area (Å²) in [5, 5.41) is 2.97. The summed E-state index contributed by atoms with van der Waals surface area (Å²) >= 11 is 2.25. The van der Waals surface area contributed by atoms with Gasteiger partial charge in [0.25, 0.3) is 0 Å². The molecular formula is C20H14FNOS3. The van der Waals surface area contributed by atoms with Crippen molar-refractivity contribution < 1.29 is 8.94 Å². The Balaban J connectivity index is 1.85. The third-order valence-electron chi connectivity index (χ3n) is 3.93. The van der Waals surface area contributed by atoms with Crippen molar-refractivity contribution in [1.29, 1.82) is 0 Å². The van der Waals surface area contributed by atoms with Crippen LogP contribution in [-0.2, 0) is 11.2 Å². The third-order valence-corrected chi connectivity index (χ3v) is 7.00. The second-order valence-corrected chi connectivity index (χ2v) is 8.99. The summed E-state index contributed by atoms with van der Waals surface area (Å²) in [4.78, 5) is 7.75. The fraction of sp³-hybridized carbons (Fsp3) is 0.0500. The van der Waals surface area contributed by atoms with Crippen molar-refractivity contribution >= 4 is 33.8 Å². The monoisotopic (exact) mass is 399 g/mol. The van der Waals surface area contributed by atoms with Crippen molar-refractivity contribution in [2.24, 2.45) is 0 Å². The van der Waals surface area contributed by atoms with E-state index in [0.29, 0.717) is 0 Å². The van der Waals surface area contributed by atoms with Crippen molar-refractivity contribution in [3.8, 4) is 31.6 Å². The predicted octanol–water partition coefficient (Wildman–Crippen LogP) is 6.08. The lowest BCUT2D eigenvalue weighted by Gasteiger charge is -2.06. The van der Waals surface area contributed by atoms with Crippen molar-refractivity contribution in [2.45, 2.75) is 4.90 Å². The fourth-order valence-electron chi connectivity index (χ4n) is 2.62. The molecule has 0 aliphatic rings. The number of hydrogen-bond donors (Lipinski definition) is 0. The maximum absolute atomic E-state index is 13.3. The molecule has 0 saturated carbocycles. The van der Waals surface area contributed by atoms with Gasteiger partial charge in [-0.05, 0) is 76.7 Å². The Morgan fingerprint density at radius 1 is 0.962 bits per heavy atom. The molecular weight excluding hydrogens is 385 g/mol. The van der Waals surface area contributed by atoms with Crippen LogP contribution in [0.15, 0.2) is 70.9 Å². The summed E-state index contributed by atoms with van der Waals surface area (Å²) < 4.78 is 25.0. The molecule has 2 aromatic carbocycles. The Kier molecular flexibility index (Phi) is 4.91. The van der Waals surface area contributed by atoms with E-state index >= 15 is 0 Å². The van der Waals surface area contributed by atoms with E-state index in [0.717, 1.165) is 36.5 Å². The van der Waals surface area contributed by atoms with Gasteiger partial charge in [-0.25, -0.2) is 9.37 Å². The summed E-state index contributed by atoms with van der Waals surface area (Å²) in [6, 6.07) is 18.1. The van der Waals surface area contributed by atoms with Gasteiger partial charge in [-0.2, -0.15) is 0 Å². The second-order valence-electron chi connectivity index (χ2n) is 5.66. The van der Waals surface area contributed by atoms with Gasteiger partial charge in [0.05, 0.1) is 15.4 Å². The van der Waals surface area contributed by atoms with E-state index in [1.807, 2.05) is 41.8 Å². The van der Waals surface area contributed by atoms with E-state index in [4.69, 9.17) is 4.98 Å².